The van der Waals surface area contributed by atoms with Crippen LogP contribution in [0.5, 0.6) is 0 Å². The van der Waals surface area contributed by atoms with Crippen molar-refractivity contribution < 1.29 is 0 Å². The minimum absolute atomic E-state index is 1.15. The summed E-state index contributed by atoms with van der Waals surface area (Å²) < 4.78 is 7.40. The van der Waals surface area contributed by atoms with Crippen molar-refractivity contribution in [2.45, 2.75) is 0 Å². The van der Waals surface area contributed by atoms with Crippen LogP contribution in [0, 0.1) is 0 Å². The molecule has 57 heavy (non-hydrogen) atoms. The molecule has 0 atom stereocenters. The molecule has 0 fully saturated rings. The van der Waals surface area contributed by atoms with E-state index in [2.05, 4.69) is 226 Å². The summed E-state index contributed by atoms with van der Waals surface area (Å²) in [5.74, 6) is 0. The van der Waals surface area contributed by atoms with Gasteiger partial charge in [0.1, 0.15) is 0 Å². The second kappa shape index (κ2) is 12.5. The molecule has 0 radical (unpaired) electrons. The highest BCUT2D eigenvalue weighted by atomic mass is 15.0. The molecule has 0 saturated heterocycles. The summed E-state index contributed by atoms with van der Waals surface area (Å²) >= 11 is 0. The molecule has 266 valence electrons. The maximum atomic E-state index is 2.51. The highest BCUT2D eigenvalue weighted by Crippen LogP contribution is 2.45. The highest BCUT2D eigenvalue weighted by Gasteiger charge is 2.23. The van der Waals surface area contributed by atoms with Crippen LogP contribution in [0.3, 0.4) is 0 Å². The lowest BCUT2D eigenvalue weighted by molar-refractivity contribution is 1.17. The zero-order valence-corrected chi connectivity index (χ0v) is 31.0. The Kier molecular flexibility index (Phi) is 6.93. The van der Waals surface area contributed by atoms with Gasteiger partial charge < -0.3 is 13.7 Å². The molecule has 0 spiro atoms. The van der Waals surface area contributed by atoms with Crippen molar-refractivity contribution in [1.29, 1.82) is 0 Å². The third kappa shape index (κ3) is 4.66. The van der Waals surface area contributed by atoms with E-state index in [4.69, 9.17) is 0 Å². The normalized spacial score (nSPS) is 11.9. The van der Waals surface area contributed by atoms with Crippen molar-refractivity contribution in [3.05, 3.63) is 212 Å². The molecular weight excluding hydrogens is 691 g/mol. The molecule has 3 nitrogen and oxygen atoms in total. The molecule has 12 aromatic rings. The zero-order valence-electron chi connectivity index (χ0n) is 31.0. The van der Waals surface area contributed by atoms with Crippen LogP contribution in [0.2, 0.25) is 0 Å². The second-order valence-corrected chi connectivity index (χ2v) is 14.9. The summed E-state index contributed by atoms with van der Waals surface area (Å²) in [5, 5.41) is 7.48. The Bertz CT molecular complexity index is 3510. The highest BCUT2D eigenvalue weighted by molar-refractivity contribution is 6.26. The standard InChI is InChI=1S/C54H35N3/c1-3-17-36(18-4-1)39-21-7-13-27-47(39)57-49-29-15-10-24-42(49)44-33-34-51-53(54(44)57)45-25-11-16-30-50(45)56(51)46-26-12-8-22-40(46)37-31-32-43-41-23-9-14-28-48(41)55(52(43)35-37)38-19-5-2-6-20-38/h1-35H. The van der Waals surface area contributed by atoms with Crippen molar-refractivity contribution in [3.63, 3.8) is 0 Å². The average Bonchev–Trinajstić information content (AvgIpc) is 3.92. The van der Waals surface area contributed by atoms with E-state index in [1.807, 2.05) is 0 Å². The lowest BCUT2D eigenvalue weighted by Gasteiger charge is -2.16. The maximum Gasteiger partial charge on any atom is 0.0641 e. The van der Waals surface area contributed by atoms with Crippen LogP contribution in [0.4, 0.5) is 0 Å². The smallest absolute Gasteiger partial charge is 0.0641 e. The monoisotopic (exact) mass is 725 g/mol. The maximum absolute atomic E-state index is 2.51. The van der Waals surface area contributed by atoms with E-state index in [1.165, 1.54) is 93.4 Å². The Hall–Kier alpha value is -7.62. The fraction of sp³-hybridized carbons (Fsp3) is 0. The number of nitrogens with zero attached hydrogens (tertiary/aromatic N) is 3. The first kappa shape index (κ1) is 31.7. The van der Waals surface area contributed by atoms with Gasteiger partial charge in [-0.25, -0.2) is 0 Å². The summed E-state index contributed by atoms with van der Waals surface area (Å²) in [5.41, 5.74) is 15.4. The van der Waals surface area contributed by atoms with E-state index >= 15 is 0 Å². The molecule has 3 heterocycles. The molecule has 3 aromatic heterocycles. The summed E-state index contributed by atoms with van der Waals surface area (Å²) in [6.45, 7) is 0. The topological polar surface area (TPSA) is 14.8 Å². The molecule has 0 unspecified atom stereocenters. The molecule has 0 saturated carbocycles. The predicted octanol–water partition coefficient (Wildman–Crippen LogP) is 14.3. The van der Waals surface area contributed by atoms with Crippen molar-refractivity contribution >= 4 is 65.4 Å². The minimum Gasteiger partial charge on any atom is -0.309 e. The molecule has 0 amide bonds. The number of aromatic nitrogens is 3. The third-order valence-corrected chi connectivity index (χ3v) is 11.8. The van der Waals surface area contributed by atoms with Gasteiger partial charge in [0.25, 0.3) is 0 Å². The Labute approximate surface area is 329 Å². The lowest BCUT2D eigenvalue weighted by atomic mass is 10.0. The number of fused-ring (bicyclic) bond motifs is 10. The van der Waals surface area contributed by atoms with Gasteiger partial charge in [0, 0.05) is 49.1 Å². The average molecular weight is 726 g/mol. The molecular formula is C54H35N3. The predicted molar refractivity (Wildman–Crippen MR) is 240 cm³/mol. The summed E-state index contributed by atoms with van der Waals surface area (Å²) in [7, 11) is 0. The number of rotatable bonds is 5. The van der Waals surface area contributed by atoms with E-state index in [1.54, 1.807) is 0 Å². The van der Waals surface area contributed by atoms with Gasteiger partial charge >= 0.3 is 0 Å². The van der Waals surface area contributed by atoms with Crippen LogP contribution in [0.25, 0.3) is 105 Å². The fourth-order valence-corrected chi connectivity index (χ4v) is 9.45. The minimum atomic E-state index is 1.15. The van der Waals surface area contributed by atoms with Crippen LogP contribution < -0.4 is 0 Å². The molecule has 0 N–H and O–H groups in total. The number of hydrogen-bond donors (Lipinski definition) is 0. The van der Waals surface area contributed by atoms with Crippen molar-refractivity contribution in [2.75, 3.05) is 0 Å². The molecule has 0 aliphatic rings. The van der Waals surface area contributed by atoms with Crippen LogP contribution in [0.1, 0.15) is 0 Å². The quantitative estimate of drug-likeness (QED) is 0.168. The van der Waals surface area contributed by atoms with Gasteiger partial charge in [0.15, 0.2) is 0 Å². The first-order valence-electron chi connectivity index (χ1n) is 19.6. The molecule has 0 aliphatic heterocycles. The van der Waals surface area contributed by atoms with Gasteiger partial charge in [-0.05, 0) is 65.7 Å². The summed E-state index contributed by atoms with van der Waals surface area (Å²) in [6, 6.07) is 77.4. The first-order valence-corrected chi connectivity index (χ1v) is 19.6. The first-order chi connectivity index (χ1) is 28.3. The van der Waals surface area contributed by atoms with Crippen molar-refractivity contribution in [2.24, 2.45) is 0 Å². The second-order valence-electron chi connectivity index (χ2n) is 14.9. The van der Waals surface area contributed by atoms with E-state index < -0.39 is 0 Å². The van der Waals surface area contributed by atoms with Crippen LogP contribution >= 0.6 is 0 Å². The Balaban J connectivity index is 1.16. The Morgan fingerprint density at radius 3 is 1.47 bits per heavy atom. The van der Waals surface area contributed by atoms with Gasteiger partial charge in [-0.3, -0.25) is 0 Å². The summed E-state index contributed by atoms with van der Waals surface area (Å²) in [4.78, 5) is 0. The van der Waals surface area contributed by atoms with E-state index in [-0.39, 0.29) is 0 Å². The van der Waals surface area contributed by atoms with Gasteiger partial charge in [-0.2, -0.15) is 0 Å². The third-order valence-electron chi connectivity index (χ3n) is 11.8. The Morgan fingerprint density at radius 1 is 0.263 bits per heavy atom. The largest absolute Gasteiger partial charge is 0.309 e. The SMILES string of the molecule is c1ccc(-c2ccccc2-n2c3ccccc3c3ccc4c(c5ccccc5n4-c4ccccc4-c4ccc5c6ccccc6n(-c6ccccc6)c5c4)c32)cc1. The number of hydrogen-bond acceptors (Lipinski definition) is 0. The van der Waals surface area contributed by atoms with Gasteiger partial charge in [0.2, 0.25) is 0 Å². The van der Waals surface area contributed by atoms with Gasteiger partial charge in [0.05, 0.1) is 44.5 Å². The van der Waals surface area contributed by atoms with Crippen molar-refractivity contribution in [1.82, 2.24) is 13.7 Å². The zero-order chi connectivity index (χ0) is 37.5. The van der Waals surface area contributed by atoms with E-state index in [9.17, 15) is 0 Å². The van der Waals surface area contributed by atoms with Crippen LogP contribution in [-0.4, -0.2) is 13.7 Å². The Morgan fingerprint density at radius 2 is 0.754 bits per heavy atom. The summed E-state index contributed by atoms with van der Waals surface area (Å²) in [6.07, 6.45) is 0. The van der Waals surface area contributed by atoms with Gasteiger partial charge in [-0.15, -0.1) is 0 Å². The van der Waals surface area contributed by atoms with Crippen molar-refractivity contribution in [3.8, 4) is 39.3 Å². The number of para-hydroxylation sites is 6. The van der Waals surface area contributed by atoms with E-state index in [0.717, 1.165) is 11.4 Å². The fourth-order valence-electron chi connectivity index (χ4n) is 9.45. The van der Waals surface area contributed by atoms with Crippen LogP contribution in [-0.2, 0) is 0 Å². The molecule has 9 aromatic carbocycles. The van der Waals surface area contributed by atoms with E-state index in [0.29, 0.717) is 0 Å². The molecule has 12 rings (SSSR count). The molecule has 3 heteroatoms. The molecule has 0 bridgehead atoms. The lowest BCUT2D eigenvalue weighted by Crippen LogP contribution is -1.99. The van der Waals surface area contributed by atoms with Gasteiger partial charge in [-0.1, -0.05) is 158 Å². The van der Waals surface area contributed by atoms with Crippen LogP contribution in [0.15, 0.2) is 212 Å². The molecule has 0 aliphatic carbocycles. The number of benzene rings is 9.